The molecule has 0 aromatic carbocycles. The minimum Gasteiger partial charge on any atom is -0.469 e. The van der Waals surface area contributed by atoms with Gasteiger partial charge in [0.1, 0.15) is 0 Å². The van der Waals surface area contributed by atoms with E-state index in [0.29, 0.717) is 12.2 Å². The minimum absolute atomic E-state index is 0.0933. The molecule has 114 valence electrons. The molecule has 1 heterocycles. The number of rotatable bonds is 7. The lowest BCUT2D eigenvalue weighted by molar-refractivity contribution is -0.141. The highest BCUT2D eigenvalue weighted by Crippen LogP contribution is 2.51. The summed E-state index contributed by atoms with van der Waals surface area (Å²) in [5, 5.41) is 3.05. The van der Waals surface area contributed by atoms with Gasteiger partial charge in [0.2, 0.25) is 5.91 Å². The molecule has 5 nitrogen and oxygen atoms in total. The summed E-state index contributed by atoms with van der Waals surface area (Å²) in [5.74, 6) is 1.29. The lowest BCUT2D eigenvalue weighted by atomic mass is 10.1. The van der Waals surface area contributed by atoms with Gasteiger partial charge in [0, 0.05) is 19.3 Å². The molecule has 1 amide bonds. The van der Waals surface area contributed by atoms with Crippen LogP contribution in [0.3, 0.4) is 0 Å². The van der Waals surface area contributed by atoms with Crippen LogP contribution in [0, 0.1) is 5.41 Å². The van der Waals surface area contributed by atoms with Crippen molar-refractivity contribution in [1.29, 1.82) is 0 Å². The molecular weight excluding hydrogens is 278 g/mol. The first kappa shape index (κ1) is 15.6. The predicted molar refractivity (Wildman–Crippen MR) is 77.6 cm³/mol. The Balaban J connectivity index is 1.60. The van der Waals surface area contributed by atoms with Crippen LogP contribution in [0.1, 0.15) is 32.1 Å². The number of carbonyl (C=O) groups is 2. The summed E-state index contributed by atoms with van der Waals surface area (Å²) in [6.07, 6.45) is 4.43. The quantitative estimate of drug-likeness (QED) is 0.719. The van der Waals surface area contributed by atoms with Crippen molar-refractivity contribution in [2.24, 2.45) is 5.41 Å². The van der Waals surface area contributed by atoms with Crippen LogP contribution >= 0.6 is 11.8 Å². The highest BCUT2D eigenvalue weighted by atomic mass is 32.2. The number of methoxy groups -OCH3 is 1. The van der Waals surface area contributed by atoms with E-state index in [1.165, 1.54) is 7.11 Å². The van der Waals surface area contributed by atoms with Crippen LogP contribution in [0.15, 0.2) is 0 Å². The number of hydrogen-bond acceptors (Lipinski definition) is 5. The number of ether oxygens (including phenoxy) is 2. The molecule has 0 atom stereocenters. The molecule has 2 rings (SSSR count). The number of carbonyl (C=O) groups excluding carboxylic acids is 2. The standard InChI is InChI=1S/C14H23NO4S/c1-18-13(17)8-14(4-5-14)10-20-9-12(16)15-11-2-6-19-7-3-11/h11H,2-10H2,1H3,(H,15,16). The summed E-state index contributed by atoms with van der Waals surface area (Å²) in [5.41, 5.74) is 0.0940. The monoisotopic (exact) mass is 301 g/mol. The van der Waals surface area contributed by atoms with Crippen molar-refractivity contribution in [3.8, 4) is 0 Å². The lowest BCUT2D eigenvalue weighted by Gasteiger charge is -2.23. The Morgan fingerprint density at radius 1 is 1.35 bits per heavy atom. The summed E-state index contributed by atoms with van der Waals surface area (Å²) in [4.78, 5) is 23.1. The molecule has 1 saturated carbocycles. The van der Waals surface area contributed by atoms with E-state index in [9.17, 15) is 9.59 Å². The molecule has 1 N–H and O–H groups in total. The van der Waals surface area contributed by atoms with E-state index in [2.05, 4.69) is 5.32 Å². The van der Waals surface area contributed by atoms with Gasteiger partial charge in [-0.05, 0) is 36.9 Å². The molecule has 20 heavy (non-hydrogen) atoms. The molecule has 0 radical (unpaired) electrons. The van der Waals surface area contributed by atoms with Crippen molar-refractivity contribution in [1.82, 2.24) is 5.32 Å². The van der Waals surface area contributed by atoms with Gasteiger partial charge in [-0.1, -0.05) is 0 Å². The summed E-state index contributed by atoms with van der Waals surface area (Å²) in [6, 6.07) is 0.266. The Morgan fingerprint density at radius 3 is 2.65 bits per heavy atom. The molecule has 2 aliphatic rings. The third-order valence-corrected chi connectivity index (χ3v) is 5.21. The fourth-order valence-corrected chi connectivity index (χ4v) is 3.59. The minimum atomic E-state index is -0.144. The average molecular weight is 301 g/mol. The number of amides is 1. The fourth-order valence-electron chi connectivity index (χ4n) is 2.40. The van der Waals surface area contributed by atoms with E-state index in [-0.39, 0.29) is 23.3 Å². The SMILES string of the molecule is COC(=O)CC1(CSCC(=O)NC2CCOCC2)CC1. The Labute approximate surface area is 124 Å². The number of esters is 1. The van der Waals surface area contributed by atoms with Gasteiger partial charge in [-0.25, -0.2) is 0 Å². The lowest BCUT2D eigenvalue weighted by Crippen LogP contribution is -2.39. The second-order valence-corrected chi connectivity index (χ2v) is 6.69. The third kappa shape index (κ3) is 4.98. The van der Waals surface area contributed by atoms with Crippen molar-refractivity contribution < 1.29 is 19.1 Å². The Kier molecular flexibility index (Phi) is 5.72. The van der Waals surface area contributed by atoms with Crippen LogP contribution in [-0.2, 0) is 19.1 Å². The molecule has 1 aliphatic heterocycles. The van der Waals surface area contributed by atoms with Crippen LogP contribution in [0.4, 0.5) is 0 Å². The molecule has 0 bridgehead atoms. The van der Waals surface area contributed by atoms with Crippen LogP contribution in [0.2, 0.25) is 0 Å². The molecule has 0 unspecified atom stereocenters. The van der Waals surface area contributed by atoms with Gasteiger partial charge in [0.05, 0.1) is 19.3 Å². The molecule has 1 aliphatic carbocycles. The fraction of sp³-hybridized carbons (Fsp3) is 0.857. The molecule has 0 aromatic rings. The van der Waals surface area contributed by atoms with E-state index < -0.39 is 0 Å². The first-order valence-electron chi connectivity index (χ1n) is 7.15. The second-order valence-electron chi connectivity index (χ2n) is 5.70. The normalized spacial score (nSPS) is 21.2. The molecule has 2 fully saturated rings. The zero-order valence-electron chi connectivity index (χ0n) is 12.0. The number of nitrogens with one attached hydrogen (secondary N) is 1. The van der Waals surface area contributed by atoms with Crippen LogP contribution in [0.5, 0.6) is 0 Å². The van der Waals surface area contributed by atoms with Crippen LogP contribution in [0.25, 0.3) is 0 Å². The summed E-state index contributed by atoms with van der Waals surface area (Å²) < 4.78 is 9.98. The second kappa shape index (κ2) is 7.31. The van der Waals surface area contributed by atoms with Gasteiger partial charge in [-0.15, -0.1) is 0 Å². The zero-order valence-corrected chi connectivity index (χ0v) is 12.8. The smallest absolute Gasteiger partial charge is 0.306 e. The maximum atomic E-state index is 11.8. The van der Waals surface area contributed by atoms with E-state index in [1.807, 2.05) is 0 Å². The number of thioether (sulfide) groups is 1. The van der Waals surface area contributed by atoms with Gasteiger partial charge in [-0.3, -0.25) is 9.59 Å². The van der Waals surface area contributed by atoms with Gasteiger partial charge >= 0.3 is 5.97 Å². The van der Waals surface area contributed by atoms with E-state index in [4.69, 9.17) is 9.47 Å². The maximum Gasteiger partial charge on any atom is 0.306 e. The van der Waals surface area contributed by atoms with Gasteiger partial charge < -0.3 is 14.8 Å². The van der Waals surface area contributed by atoms with Crippen LogP contribution < -0.4 is 5.32 Å². The maximum absolute atomic E-state index is 11.8. The topological polar surface area (TPSA) is 64.6 Å². The largest absolute Gasteiger partial charge is 0.469 e. The molecular formula is C14H23NO4S. The molecule has 1 saturated heterocycles. The van der Waals surface area contributed by atoms with Crippen molar-refractivity contribution >= 4 is 23.6 Å². The van der Waals surface area contributed by atoms with Crippen molar-refractivity contribution in [2.75, 3.05) is 31.8 Å². The Hall–Kier alpha value is -0.750. The van der Waals surface area contributed by atoms with Gasteiger partial charge in [-0.2, -0.15) is 11.8 Å². The van der Waals surface area contributed by atoms with Crippen LogP contribution in [-0.4, -0.2) is 49.7 Å². The van der Waals surface area contributed by atoms with Crippen molar-refractivity contribution in [2.45, 2.75) is 38.1 Å². The molecule has 6 heteroatoms. The molecule has 0 spiro atoms. The van der Waals surface area contributed by atoms with Crippen molar-refractivity contribution in [3.05, 3.63) is 0 Å². The first-order chi connectivity index (χ1) is 9.63. The van der Waals surface area contributed by atoms with Gasteiger partial charge in [0.15, 0.2) is 0 Å². The highest BCUT2D eigenvalue weighted by molar-refractivity contribution is 7.99. The van der Waals surface area contributed by atoms with E-state index >= 15 is 0 Å². The third-order valence-electron chi connectivity index (χ3n) is 3.93. The first-order valence-corrected chi connectivity index (χ1v) is 8.31. The molecule has 0 aromatic heterocycles. The van der Waals surface area contributed by atoms with Gasteiger partial charge in [0.25, 0.3) is 0 Å². The zero-order chi connectivity index (χ0) is 14.4. The Bertz CT molecular complexity index is 351. The van der Waals surface area contributed by atoms with E-state index in [1.54, 1.807) is 11.8 Å². The summed E-state index contributed by atoms with van der Waals surface area (Å²) in [7, 11) is 1.42. The summed E-state index contributed by atoms with van der Waals surface area (Å²) in [6.45, 7) is 1.47. The Morgan fingerprint density at radius 2 is 2.05 bits per heavy atom. The summed E-state index contributed by atoms with van der Waals surface area (Å²) >= 11 is 1.62. The average Bonchev–Trinajstić information content (AvgIpc) is 3.19. The van der Waals surface area contributed by atoms with E-state index in [0.717, 1.165) is 44.6 Å². The predicted octanol–water partition coefficient (Wildman–Crippen LogP) is 1.36. The number of hydrogen-bond donors (Lipinski definition) is 1. The highest BCUT2D eigenvalue weighted by Gasteiger charge is 2.44. The van der Waals surface area contributed by atoms with Crippen molar-refractivity contribution in [3.63, 3.8) is 0 Å².